The number of hydrogen-bond acceptors (Lipinski definition) is 1. The monoisotopic (exact) mass is 254 g/mol. The Morgan fingerprint density at radius 2 is 1.28 bits per heavy atom. The number of rotatable bonds is 11. The molecule has 0 aromatic heterocycles. The highest BCUT2D eigenvalue weighted by Crippen LogP contribution is 2.20. The van der Waals surface area contributed by atoms with E-state index in [0.717, 1.165) is 6.61 Å². The Morgan fingerprint density at radius 3 is 1.89 bits per heavy atom. The summed E-state index contributed by atoms with van der Waals surface area (Å²) in [6, 6.07) is 0. The van der Waals surface area contributed by atoms with Gasteiger partial charge in [0, 0.05) is 6.61 Å². The minimum absolute atomic E-state index is 0.604. The topological polar surface area (TPSA) is 9.23 Å². The highest BCUT2D eigenvalue weighted by molar-refractivity contribution is 4.64. The Morgan fingerprint density at radius 1 is 0.722 bits per heavy atom. The van der Waals surface area contributed by atoms with Crippen LogP contribution in [0.25, 0.3) is 0 Å². The SMILES string of the molecule is CCCCCCCCCCCOC1CCCCC1. The van der Waals surface area contributed by atoms with Crippen molar-refractivity contribution in [1.82, 2.24) is 0 Å². The summed E-state index contributed by atoms with van der Waals surface area (Å²) >= 11 is 0. The molecule has 1 rings (SSSR count). The normalized spacial score (nSPS) is 17.2. The third-order valence-electron chi connectivity index (χ3n) is 4.15. The van der Waals surface area contributed by atoms with Gasteiger partial charge in [-0.15, -0.1) is 0 Å². The van der Waals surface area contributed by atoms with Gasteiger partial charge in [-0.05, 0) is 19.3 Å². The van der Waals surface area contributed by atoms with E-state index in [1.807, 2.05) is 0 Å². The molecule has 0 aromatic rings. The molecule has 1 nitrogen and oxygen atoms in total. The number of ether oxygens (including phenoxy) is 1. The van der Waals surface area contributed by atoms with Gasteiger partial charge in [-0.25, -0.2) is 0 Å². The lowest BCUT2D eigenvalue weighted by Crippen LogP contribution is -2.17. The van der Waals surface area contributed by atoms with Gasteiger partial charge >= 0.3 is 0 Å². The van der Waals surface area contributed by atoms with Crippen molar-refractivity contribution in [2.45, 2.75) is 103 Å². The summed E-state index contributed by atoms with van der Waals surface area (Å²) in [5, 5.41) is 0. The fourth-order valence-corrected chi connectivity index (χ4v) is 2.89. The molecule has 0 radical (unpaired) electrons. The van der Waals surface area contributed by atoms with E-state index in [-0.39, 0.29) is 0 Å². The molecule has 1 aliphatic carbocycles. The van der Waals surface area contributed by atoms with Gasteiger partial charge in [0.05, 0.1) is 6.10 Å². The zero-order valence-corrected chi connectivity index (χ0v) is 12.6. The van der Waals surface area contributed by atoms with E-state index in [2.05, 4.69) is 6.92 Å². The van der Waals surface area contributed by atoms with E-state index in [9.17, 15) is 0 Å². The number of unbranched alkanes of at least 4 members (excludes halogenated alkanes) is 8. The summed E-state index contributed by atoms with van der Waals surface area (Å²) in [5.74, 6) is 0. The first-order valence-corrected chi connectivity index (χ1v) is 8.55. The van der Waals surface area contributed by atoms with Crippen LogP contribution in [0.1, 0.15) is 96.8 Å². The van der Waals surface area contributed by atoms with Crippen LogP contribution in [0.2, 0.25) is 0 Å². The first kappa shape index (κ1) is 16.0. The Labute approximate surface area is 115 Å². The maximum Gasteiger partial charge on any atom is 0.0575 e. The zero-order valence-electron chi connectivity index (χ0n) is 12.6. The molecular formula is C17H34O. The second kappa shape index (κ2) is 12.0. The number of hydrogen-bond donors (Lipinski definition) is 0. The molecule has 1 aliphatic rings. The van der Waals surface area contributed by atoms with E-state index >= 15 is 0 Å². The first-order valence-electron chi connectivity index (χ1n) is 8.55. The summed E-state index contributed by atoms with van der Waals surface area (Å²) in [5.41, 5.74) is 0. The van der Waals surface area contributed by atoms with Crippen molar-refractivity contribution in [1.29, 1.82) is 0 Å². The van der Waals surface area contributed by atoms with Crippen LogP contribution in [-0.2, 0) is 4.74 Å². The maximum absolute atomic E-state index is 5.94. The summed E-state index contributed by atoms with van der Waals surface area (Å²) < 4.78 is 5.94. The molecule has 0 spiro atoms. The maximum atomic E-state index is 5.94. The van der Waals surface area contributed by atoms with Gasteiger partial charge in [0.25, 0.3) is 0 Å². The van der Waals surface area contributed by atoms with Crippen molar-refractivity contribution >= 4 is 0 Å². The van der Waals surface area contributed by atoms with Gasteiger partial charge in [-0.2, -0.15) is 0 Å². The van der Waals surface area contributed by atoms with Crippen LogP contribution in [0.3, 0.4) is 0 Å². The fourth-order valence-electron chi connectivity index (χ4n) is 2.89. The highest BCUT2D eigenvalue weighted by Gasteiger charge is 2.12. The molecule has 0 amide bonds. The smallest absolute Gasteiger partial charge is 0.0575 e. The second-order valence-electron chi connectivity index (χ2n) is 5.96. The third-order valence-corrected chi connectivity index (χ3v) is 4.15. The van der Waals surface area contributed by atoms with Crippen molar-refractivity contribution in [2.75, 3.05) is 6.61 Å². The van der Waals surface area contributed by atoms with E-state index in [0.29, 0.717) is 6.10 Å². The standard InChI is InChI=1S/C17H34O/c1-2-3-4-5-6-7-8-9-13-16-18-17-14-11-10-12-15-17/h17H,2-16H2,1H3. The fraction of sp³-hybridized carbons (Fsp3) is 1.00. The molecule has 1 saturated carbocycles. The summed E-state index contributed by atoms with van der Waals surface area (Å²) in [7, 11) is 0. The Hall–Kier alpha value is -0.0400. The van der Waals surface area contributed by atoms with Gasteiger partial charge in [-0.1, -0.05) is 77.6 Å². The minimum atomic E-state index is 0.604. The molecule has 108 valence electrons. The average molecular weight is 254 g/mol. The summed E-state index contributed by atoms with van der Waals surface area (Å²) in [6.07, 6.45) is 20.1. The first-order chi connectivity index (χ1) is 8.93. The Balaban J connectivity index is 1.73. The van der Waals surface area contributed by atoms with E-state index in [4.69, 9.17) is 4.74 Å². The van der Waals surface area contributed by atoms with Crippen molar-refractivity contribution in [3.63, 3.8) is 0 Å². The second-order valence-corrected chi connectivity index (χ2v) is 5.96. The molecule has 0 saturated heterocycles. The molecule has 0 heterocycles. The minimum Gasteiger partial charge on any atom is -0.378 e. The molecule has 0 N–H and O–H groups in total. The lowest BCUT2D eigenvalue weighted by molar-refractivity contribution is 0.0263. The van der Waals surface area contributed by atoms with E-state index in [1.54, 1.807) is 0 Å². The predicted molar refractivity (Wildman–Crippen MR) is 80.1 cm³/mol. The molecule has 1 fully saturated rings. The van der Waals surface area contributed by atoms with Crippen LogP contribution >= 0.6 is 0 Å². The Bertz CT molecular complexity index is 161. The quantitative estimate of drug-likeness (QED) is 0.419. The van der Waals surface area contributed by atoms with E-state index < -0.39 is 0 Å². The van der Waals surface area contributed by atoms with Crippen molar-refractivity contribution in [2.24, 2.45) is 0 Å². The van der Waals surface area contributed by atoms with Gasteiger partial charge in [0.1, 0.15) is 0 Å². The van der Waals surface area contributed by atoms with Crippen molar-refractivity contribution < 1.29 is 4.74 Å². The van der Waals surface area contributed by atoms with Crippen LogP contribution in [-0.4, -0.2) is 12.7 Å². The molecule has 0 atom stereocenters. The predicted octanol–water partition coefficient (Wildman–Crippen LogP) is 5.87. The highest BCUT2D eigenvalue weighted by atomic mass is 16.5. The van der Waals surface area contributed by atoms with Crippen LogP contribution in [0.15, 0.2) is 0 Å². The van der Waals surface area contributed by atoms with Crippen LogP contribution < -0.4 is 0 Å². The van der Waals surface area contributed by atoms with Crippen LogP contribution in [0, 0.1) is 0 Å². The molecule has 18 heavy (non-hydrogen) atoms. The average Bonchev–Trinajstić information content (AvgIpc) is 2.42. The van der Waals surface area contributed by atoms with Crippen molar-refractivity contribution in [3.05, 3.63) is 0 Å². The van der Waals surface area contributed by atoms with Gasteiger partial charge < -0.3 is 4.74 Å². The molecule has 0 unspecified atom stereocenters. The largest absolute Gasteiger partial charge is 0.378 e. The summed E-state index contributed by atoms with van der Waals surface area (Å²) in [4.78, 5) is 0. The molecule has 0 bridgehead atoms. The molecular weight excluding hydrogens is 220 g/mol. The Kier molecular flexibility index (Phi) is 10.7. The lowest BCUT2D eigenvalue weighted by atomic mass is 9.98. The third kappa shape index (κ3) is 8.97. The molecule has 0 aromatic carbocycles. The van der Waals surface area contributed by atoms with Crippen LogP contribution in [0.5, 0.6) is 0 Å². The van der Waals surface area contributed by atoms with Crippen LogP contribution in [0.4, 0.5) is 0 Å². The zero-order chi connectivity index (χ0) is 12.9. The van der Waals surface area contributed by atoms with Gasteiger partial charge in [-0.3, -0.25) is 0 Å². The molecule has 0 aliphatic heterocycles. The van der Waals surface area contributed by atoms with Gasteiger partial charge in [0.2, 0.25) is 0 Å². The van der Waals surface area contributed by atoms with Gasteiger partial charge in [0.15, 0.2) is 0 Å². The molecule has 1 heteroatoms. The van der Waals surface area contributed by atoms with E-state index in [1.165, 1.54) is 89.9 Å². The van der Waals surface area contributed by atoms with Crippen molar-refractivity contribution in [3.8, 4) is 0 Å². The lowest BCUT2D eigenvalue weighted by Gasteiger charge is -2.21. The summed E-state index contributed by atoms with van der Waals surface area (Å²) in [6.45, 7) is 3.30.